The number of carboxylic acids is 1. The van der Waals surface area contributed by atoms with E-state index >= 15 is 0 Å². The first-order chi connectivity index (χ1) is 10.6. The van der Waals surface area contributed by atoms with Crippen LogP contribution in [0, 0.1) is 5.41 Å². The summed E-state index contributed by atoms with van der Waals surface area (Å²) in [6.45, 7) is 7.14. The number of nitrogens with one attached hydrogen (secondary N) is 1. The van der Waals surface area contributed by atoms with E-state index in [0.29, 0.717) is 18.5 Å². The SMILES string of the molecule is CCCC(CNC(=O)OC(C)(C)C)(Cc1cn(C)nn1)C(=O)O. The van der Waals surface area contributed by atoms with E-state index in [0.717, 1.165) is 0 Å². The summed E-state index contributed by atoms with van der Waals surface area (Å²) in [5.41, 5.74) is -1.19. The third kappa shape index (κ3) is 5.88. The van der Waals surface area contributed by atoms with Crippen molar-refractivity contribution in [1.29, 1.82) is 0 Å². The van der Waals surface area contributed by atoms with Crippen molar-refractivity contribution in [1.82, 2.24) is 20.3 Å². The van der Waals surface area contributed by atoms with Crippen LogP contribution in [0.25, 0.3) is 0 Å². The van der Waals surface area contributed by atoms with Gasteiger partial charge in [0.25, 0.3) is 0 Å². The van der Waals surface area contributed by atoms with E-state index < -0.39 is 23.1 Å². The summed E-state index contributed by atoms with van der Waals surface area (Å²) in [5, 5.41) is 20.1. The lowest BCUT2D eigenvalue weighted by Gasteiger charge is -2.29. The fourth-order valence-corrected chi connectivity index (χ4v) is 2.35. The number of hydrogen-bond donors (Lipinski definition) is 2. The molecule has 0 saturated heterocycles. The number of carbonyl (C=O) groups is 2. The van der Waals surface area contributed by atoms with Crippen molar-refractivity contribution in [3.05, 3.63) is 11.9 Å². The molecule has 23 heavy (non-hydrogen) atoms. The Bertz CT molecular complexity index is 550. The molecule has 2 N–H and O–H groups in total. The molecule has 1 aromatic rings. The molecule has 0 aliphatic heterocycles. The number of aryl methyl sites for hydroxylation is 1. The molecule has 0 bridgehead atoms. The van der Waals surface area contributed by atoms with Gasteiger partial charge in [0.05, 0.1) is 11.1 Å². The van der Waals surface area contributed by atoms with Crippen LogP contribution in [0.1, 0.15) is 46.2 Å². The maximum absolute atomic E-state index is 11.9. The van der Waals surface area contributed by atoms with Gasteiger partial charge in [0.15, 0.2) is 0 Å². The van der Waals surface area contributed by atoms with Gasteiger partial charge in [-0.3, -0.25) is 9.48 Å². The summed E-state index contributed by atoms with van der Waals surface area (Å²) < 4.78 is 6.69. The smallest absolute Gasteiger partial charge is 0.407 e. The molecule has 1 unspecified atom stereocenters. The fraction of sp³-hybridized carbons (Fsp3) is 0.733. The highest BCUT2D eigenvalue weighted by molar-refractivity contribution is 5.76. The highest BCUT2D eigenvalue weighted by Crippen LogP contribution is 2.28. The lowest BCUT2D eigenvalue weighted by molar-refractivity contribution is -0.149. The summed E-state index contributed by atoms with van der Waals surface area (Å²) in [6.07, 6.45) is 2.33. The minimum Gasteiger partial charge on any atom is -0.481 e. The second kappa shape index (κ2) is 7.43. The monoisotopic (exact) mass is 326 g/mol. The predicted octanol–water partition coefficient (Wildman–Crippen LogP) is 1.75. The van der Waals surface area contributed by atoms with E-state index in [2.05, 4.69) is 15.6 Å². The number of aromatic nitrogens is 3. The number of rotatable bonds is 7. The molecule has 0 spiro atoms. The minimum absolute atomic E-state index is 0.0261. The Balaban J connectivity index is 2.86. The zero-order valence-electron chi connectivity index (χ0n) is 14.4. The standard InChI is InChI=1S/C15H26N4O4/c1-6-7-15(12(20)21,8-11-9-19(5)18-17-11)10-16-13(22)23-14(2,3)4/h9H,6-8,10H2,1-5H3,(H,16,22)(H,20,21). The second-order valence-electron chi connectivity index (χ2n) is 6.75. The zero-order valence-corrected chi connectivity index (χ0v) is 14.4. The van der Waals surface area contributed by atoms with E-state index in [9.17, 15) is 14.7 Å². The van der Waals surface area contributed by atoms with Crippen LogP contribution in [-0.2, 0) is 23.0 Å². The van der Waals surface area contributed by atoms with Crippen LogP contribution in [-0.4, -0.2) is 44.3 Å². The van der Waals surface area contributed by atoms with Gasteiger partial charge in [0.1, 0.15) is 5.60 Å². The maximum Gasteiger partial charge on any atom is 0.407 e. The number of hydrogen-bond acceptors (Lipinski definition) is 5. The molecule has 0 aliphatic rings. The van der Waals surface area contributed by atoms with Crippen LogP contribution in [0.5, 0.6) is 0 Å². The molecular formula is C15H26N4O4. The Morgan fingerprint density at radius 1 is 1.39 bits per heavy atom. The zero-order chi connectivity index (χ0) is 17.7. The van der Waals surface area contributed by atoms with Crippen LogP contribution in [0.15, 0.2) is 6.20 Å². The van der Waals surface area contributed by atoms with Crippen molar-refractivity contribution in [2.24, 2.45) is 12.5 Å². The van der Waals surface area contributed by atoms with E-state index in [1.165, 1.54) is 4.68 Å². The number of alkyl carbamates (subject to hydrolysis) is 1. The molecule has 130 valence electrons. The normalized spacial score (nSPS) is 14.1. The van der Waals surface area contributed by atoms with Crippen LogP contribution >= 0.6 is 0 Å². The van der Waals surface area contributed by atoms with Gasteiger partial charge in [-0.15, -0.1) is 5.10 Å². The molecule has 0 fully saturated rings. The van der Waals surface area contributed by atoms with Crippen molar-refractivity contribution in [2.45, 2.75) is 52.6 Å². The quantitative estimate of drug-likeness (QED) is 0.790. The Morgan fingerprint density at radius 2 is 2.04 bits per heavy atom. The molecule has 0 aliphatic carbocycles. The van der Waals surface area contributed by atoms with Crippen molar-refractivity contribution >= 4 is 12.1 Å². The Hall–Kier alpha value is -2.12. The fourth-order valence-electron chi connectivity index (χ4n) is 2.35. The van der Waals surface area contributed by atoms with E-state index in [-0.39, 0.29) is 13.0 Å². The van der Waals surface area contributed by atoms with Crippen molar-refractivity contribution < 1.29 is 19.4 Å². The van der Waals surface area contributed by atoms with Crippen molar-refractivity contribution in [3.8, 4) is 0 Å². The van der Waals surface area contributed by atoms with Gasteiger partial charge in [-0.1, -0.05) is 18.6 Å². The average molecular weight is 326 g/mol. The van der Waals surface area contributed by atoms with E-state index in [1.54, 1.807) is 34.0 Å². The van der Waals surface area contributed by atoms with Crippen LogP contribution in [0.2, 0.25) is 0 Å². The largest absolute Gasteiger partial charge is 0.481 e. The number of carbonyl (C=O) groups excluding carboxylic acids is 1. The highest BCUT2D eigenvalue weighted by atomic mass is 16.6. The molecule has 1 amide bonds. The van der Waals surface area contributed by atoms with Gasteiger partial charge < -0.3 is 15.2 Å². The predicted molar refractivity (Wildman–Crippen MR) is 83.9 cm³/mol. The number of ether oxygens (including phenoxy) is 1. The van der Waals surface area contributed by atoms with Crippen LogP contribution in [0.3, 0.4) is 0 Å². The molecule has 0 radical (unpaired) electrons. The van der Waals surface area contributed by atoms with Crippen molar-refractivity contribution in [2.75, 3.05) is 6.54 Å². The summed E-state index contributed by atoms with van der Waals surface area (Å²) >= 11 is 0. The molecule has 1 rings (SSSR count). The van der Waals surface area contributed by atoms with E-state index in [4.69, 9.17) is 4.74 Å². The number of nitrogens with zero attached hydrogens (tertiary/aromatic N) is 3. The van der Waals surface area contributed by atoms with Gasteiger partial charge in [0.2, 0.25) is 0 Å². The van der Waals surface area contributed by atoms with Crippen molar-refractivity contribution in [3.63, 3.8) is 0 Å². The lowest BCUT2D eigenvalue weighted by Crippen LogP contribution is -2.46. The minimum atomic E-state index is -1.14. The highest BCUT2D eigenvalue weighted by Gasteiger charge is 2.39. The molecule has 1 atom stereocenters. The lowest BCUT2D eigenvalue weighted by atomic mass is 9.79. The average Bonchev–Trinajstić information content (AvgIpc) is 2.79. The van der Waals surface area contributed by atoms with Gasteiger partial charge in [-0.25, -0.2) is 4.79 Å². The molecular weight excluding hydrogens is 300 g/mol. The first kappa shape index (κ1) is 18.9. The van der Waals surface area contributed by atoms with Crippen LogP contribution < -0.4 is 5.32 Å². The van der Waals surface area contributed by atoms with Crippen LogP contribution in [0.4, 0.5) is 4.79 Å². The summed E-state index contributed by atoms with van der Waals surface area (Å²) in [6, 6.07) is 0. The Morgan fingerprint density at radius 3 is 2.48 bits per heavy atom. The van der Waals surface area contributed by atoms with Gasteiger partial charge in [0, 0.05) is 26.2 Å². The number of amides is 1. The first-order valence-electron chi connectivity index (χ1n) is 7.63. The van der Waals surface area contributed by atoms with Gasteiger partial charge in [-0.2, -0.15) is 0 Å². The molecule has 0 aromatic carbocycles. The maximum atomic E-state index is 11.9. The topological polar surface area (TPSA) is 106 Å². The molecule has 0 saturated carbocycles. The first-order valence-corrected chi connectivity index (χ1v) is 7.63. The molecule has 8 nitrogen and oxygen atoms in total. The summed E-state index contributed by atoms with van der Waals surface area (Å²) in [7, 11) is 1.72. The molecule has 1 heterocycles. The van der Waals surface area contributed by atoms with Gasteiger partial charge in [-0.05, 0) is 27.2 Å². The van der Waals surface area contributed by atoms with Gasteiger partial charge >= 0.3 is 12.1 Å². The second-order valence-corrected chi connectivity index (χ2v) is 6.75. The van der Waals surface area contributed by atoms with E-state index in [1.807, 2.05) is 6.92 Å². The summed E-state index contributed by atoms with van der Waals surface area (Å²) in [5.74, 6) is -0.971. The molecule has 8 heteroatoms. The summed E-state index contributed by atoms with van der Waals surface area (Å²) in [4.78, 5) is 23.7. The third-order valence-electron chi connectivity index (χ3n) is 3.32. The number of carboxylic acid groups (broad SMARTS) is 1. The molecule has 1 aromatic heterocycles. The number of aliphatic carboxylic acids is 1. The Kier molecular flexibility index (Phi) is 6.12. The third-order valence-corrected chi connectivity index (χ3v) is 3.32. The Labute approximate surface area is 136 Å².